The third kappa shape index (κ3) is 13.2. The van der Waals surface area contributed by atoms with Crippen LogP contribution in [0.1, 0.15) is 20.8 Å². The fraction of sp³-hybridized carbons (Fsp3) is 0.968. The molecule has 1 amide bonds. The van der Waals surface area contributed by atoms with Gasteiger partial charge < -0.3 is 115 Å². The Balaban J connectivity index is 1.48. The molecule has 0 spiro atoms. The van der Waals surface area contributed by atoms with E-state index in [1.54, 1.807) is 20.8 Å². The minimum Gasteiger partial charge on any atom is -0.444 e. The number of rotatable bonds is 18. The summed E-state index contributed by atoms with van der Waals surface area (Å²) in [5.74, 6) is 0. The molecule has 3 heterocycles. The van der Waals surface area contributed by atoms with Crippen LogP contribution in [-0.2, 0) is 33.2 Å². The lowest BCUT2D eigenvalue weighted by atomic mass is 9.98. The van der Waals surface area contributed by atoms with Crippen LogP contribution in [0.25, 0.3) is 0 Å². The third-order valence-corrected chi connectivity index (χ3v) is 8.93. The van der Waals surface area contributed by atoms with E-state index in [9.17, 15) is 76.3 Å². The Morgan fingerprint density at radius 3 is 1.47 bits per heavy atom. The van der Waals surface area contributed by atoms with E-state index in [-0.39, 0.29) is 19.6 Å². The number of hydrogen-bond donors (Lipinski definition) is 16. The average molecular weight is 811 g/mol. The molecule has 0 radical (unpaired) electrons. The molecule has 0 aromatic carbocycles. The molecule has 24 heteroatoms. The lowest BCUT2D eigenvalue weighted by Gasteiger charge is -2.44. The van der Waals surface area contributed by atoms with Gasteiger partial charge in [-0.2, -0.15) is 0 Å². The first-order chi connectivity index (χ1) is 25.7. The highest BCUT2D eigenvalue weighted by Crippen LogP contribution is 2.28. The molecule has 3 aliphatic rings. The summed E-state index contributed by atoms with van der Waals surface area (Å²) in [4.78, 5) is 11.7. The van der Waals surface area contributed by atoms with Crippen molar-refractivity contribution in [3.05, 3.63) is 0 Å². The minimum atomic E-state index is -1.99. The molecule has 24 nitrogen and oxygen atoms in total. The number of carbonyl (C=O) groups excluding carboxylic acids is 1. The Labute approximate surface area is 315 Å². The highest BCUT2D eigenvalue weighted by molar-refractivity contribution is 5.67. The van der Waals surface area contributed by atoms with Crippen LogP contribution in [0.4, 0.5) is 4.79 Å². The number of carbonyl (C=O) groups is 1. The van der Waals surface area contributed by atoms with Gasteiger partial charge >= 0.3 is 6.09 Å². The Morgan fingerprint density at radius 1 is 0.600 bits per heavy atom. The first-order valence-electron chi connectivity index (χ1n) is 17.6. The van der Waals surface area contributed by atoms with Crippen molar-refractivity contribution in [2.24, 2.45) is 0 Å². The Hall–Kier alpha value is -1.57. The van der Waals surface area contributed by atoms with Crippen LogP contribution in [0.3, 0.4) is 0 Å². The van der Waals surface area contributed by atoms with Gasteiger partial charge in [-0.25, -0.2) is 4.79 Å². The first-order valence-corrected chi connectivity index (χ1v) is 17.6. The molecule has 3 saturated heterocycles. The number of aliphatic hydroxyl groups excluding tert-OH is 14. The smallest absolute Gasteiger partial charge is 0.407 e. The molecule has 0 saturated carbocycles. The van der Waals surface area contributed by atoms with Crippen LogP contribution in [0.2, 0.25) is 0 Å². The van der Waals surface area contributed by atoms with E-state index in [0.717, 1.165) is 0 Å². The van der Waals surface area contributed by atoms with Gasteiger partial charge in [0.1, 0.15) is 97.2 Å². The highest BCUT2D eigenvalue weighted by Gasteiger charge is 2.49. The summed E-state index contributed by atoms with van der Waals surface area (Å²) in [6.07, 6.45) is -34.0. The van der Waals surface area contributed by atoms with Gasteiger partial charge in [0.2, 0.25) is 0 Å². The Kier molecular flexibility index (Phi) is 18.6. The van der Waals surface area contributed by atoms with Crippen molar-refractivity contribution in [1.29, 1.82) is 0 Å². The van der Waals surface area contributed by atoms with E-state index in [2.05, 4.69) is 10.6 Å². The summed E-state index contributed by atoms with van der Waals surface area (Å²) in [6.45, 7) is 2.12. The van der Waals surface area contributed by atoms with Gasteiger partial charge in [-0.1, -0.05) is 0 Å². The fourth-order valence-electron chi connectivity index (χ4n) is 5.65. The van der Waals surface area contributed by atoms with Gasteiger partial charge in [0.15, 0.2) is 18.9 Å². The van der Waals surface area contributed by atoms with Crippen molar-refractivity contribution >= 4 is 6.09 Å². The number of nitrogens with one attached hydrogen (secondary N) is 2. The number of aliphatic hydroxyl groups is 14. The molecule has 3 fully saturated rings. The van der Waals surface area contributed by atoms with Gasteiger partial charge in [-0.15, -0.1) is 0 Å². The quantitative estimate of drug-likeness (QED) is 0.0571. The molecular formula is C31H58N2O22. The van der Waals surface area contributed by atoms with Crippen LogP contribution < -0.4 is 10.6 Å². The molecule has 0 aliphatic carbocycles. The second kappa shape index (κ2) is 21.4. The molecule has 3 aliphatic heterocycles. The summed E-state index contributed by atoms with van der Waals surface area (Å²) in [5.41, 5.74) is -0.696. The van der Waals surface area contributed by atoms with E-state index < -0.39 is 155 Å². The van der Waals surface area contributed by atoms with Crippen LogP contribution in [-0.4, -0.2) is 246 Å². The Morgan fingerprint density at radius 2 is 1.02 bits per heavy atom. The maximum absolute atomic E-state index is 11.7. The highest BCUT2D eigenvalue weighted by atomic mass is 16.7. The van der Waals surface area contributed by atoms with Gasteiger partial charge in [0, 0.05) is 19.6 Å². The number of hydrogen-bond acceptors (Lipinski definition) is 23. The van der Waals surface area contributed by atoms with Crippen LogP contribution in [0.5, 0.6) is 0 Å². The number of alkyl carbamates (subject to hydrolysis) is 1. The fourth-order valence-corrected chi connectivity index (χ4v) is 5.65. The van der Waals surface area contributed by atoms with E-state index >= 15 is 0 Å². The predicted molar refractivity (Wildman–Crippen MR) is 176 cm³/mol. The monoisotopic (exact) mass is 810 g/mol. The van der Waals surface area contributed by atoms with Crippen molar-refractivity contribution in [2.75, 3.05) is 46.1 Å². The van der Waals surface area contributed by atoms with Crippen molar-refractivity contribution in [3.8, 4) is 0 Å². The molecule has 0 aromatic heterocycles. The molecule has 16 N–H and O–H groups in total. The maximum atomic E-state index is 11.7. The zero-order chi connectivity index (χ0) is 41.4. The van der Waals surface area contributed by atoms with Crippen LogP contribution >= 0.6 is 0 Å². The first kappa shape index (κ1) is 47.8. The standard InChI is InChI=1S/C31H58N2O22/c1-31(2,3)55-30(48)33-5-4-32-6-11(35)16(37)17(38)12(36)8-49-27-25(46)22(43)19(40)14(53-27)10-51-29-26(47)23(44)20(41)15(54-29)9-50-28-24(45)21(42)18(39)13(7-34)52-28/h11-29,32,34-47H,4-10H2,1-3H3,(H,33,48)/t11-,12+,13?,14?,15?,16+,17+,18+,19+,20+,21-,22-,23-,24?,25?,26?,27+,28+,29+/m0/s1. The second-order valence-electron chi connectivity index (χ2n) is 14.5. The summed E-state index contributed by atoms with van der Waals surface area (Å²) in [7, 11) is 0. The van der Waals surface area contributed by atoms with Crippen molar-refractivity contribution in [2.45, 2.75) is 143 Å². The summed E-state index contributed by atoms with van der Waals surface area (Å²) in [5, 5.41) is 149. The van der Waals surface area contributed by atoms with Crippen molar-refractivity contribution in [1.82, 2.24) is 10.6 Å². The molecular weight excluding hydrogens is 752 g/mol. The topological polar surface area (TPSA) is 389 Å². The van der Waals surface area contributed by atoms with Gasteiger partial charge in [-0.05, 0) is 20.8 Å². The zero-order valence-corrected chi connectivity index (χ0v) is 30.4. The number of ether oxygens (including phenoxy) is 7. The normalized spacial score (nSPS) is 39.5. The van der Waals surface area contributed by atoms with Crippen LogP contribution in [0.15, 0.2) is 0 Å². The summed E-state index contributed by atoms with van der Waals surface area (Å²) >= 11 is 0. The number of amides is 1. The Bertz CT molecular complexity index is 1140. The molecule has 19 atom stereocenters. The van der Waals surface area contributed by atoms with Crippen molar-refractivity contribution < 1.29 is 109 Å². The molecule has 55 heavy (non-hydrogen) atoms. The summed E-state index contributed by atoms with van der Waals surface area (Å²) in [6, 6.07) is 0. The van der Waals surface area contributed by atoms with Crippen LogP contribution in [0, 0.1) is 0 Å². The van der Waals surface area contributed by atoms with Gasteiger partial charge in [-0.3, -0.25) is 0 Å². The largest absolute Gasteiger partial charge is 0.444 e. The molecule has 3 rings (SSSR count). The molecule has 0 aromatic rings. The van der Waals surface area contributed by atoms with E-state index in [1.807, 2.05) is 0 Å². The second-order valence-corrected chi connectivity index (χ2v) is 14.5. The zero-order valence-electron chi connectivity index (χ0n) is 30.4. The molecule has 6 unspecified atom stereocenters. The predicted octanol–water partition coefficient (Wildman–Crippen LogP) is -8.99. The molecule has 0 bridgehead atoms. The molecule has 324 valence electrons. The maximum Gasteiger partial charge on any atom is 0.407 e. The average Bonchev–Trinajstić information content (AvgIpc) is 3.13. The van der Waals surface area contributed by atoms with E-state index in [1.165, 1.54) is 0 Å². The van der Waals surface area contributed by atoms with Crippen molar-refractivity contribution in [3.63, 3.8) is 0 Å². The SMILES string of the molecule is CC(C)(C)OC(=O)NCCNC[C@H](O)[C@@H](O)[C@H](O)[C@H](O)CO[C@@H]1OC(CO[C@@H]2OC(CO[C@@H]3OC(CO)[C@@H](O)[C@H](O)C3O)[C@@H](O)[C@H](O)C2O)[C@@H](O)[C@H](O)C1O. The lowest BCUT2D eigenvalue weighted by Crippen LogP contribution is -2.62. The van der Waals surface area contributed by atoms with E-state index in [0.29, 0.717) is 0 Å². The summed E-state index contributed by atoms with van der Waals surface area (Å²) < 4.78 is 37.4. The van der Waals surface area contributed by atoms with E-state index in [4.69, 9.17) is 33.2 Å². The van der Waals surface area contributed by atoms with Gasteiger partial charge in [0.25, 0.3) is 0 Å². The minimum absolute atomic E-state index is 0.108. The van der Waals surface area contributed by atoms with Gasteiger partial charge in [0.05, 0.1) is 32.5 Å². The third-order valence-electron chi connectivity index (χ3n) is 8.93. The lowest BCUT2D eigenvalue weighted by molar-refractivity contribution is -0.343.